The lowest BCUT2D eigenvalue weighted by Gasteiger charge is -2.30. The van der Waals surface area contributed by atoms with E-state index >= 15 is 0 Å². The van der Waals surface area contributed by atoms with E-state index in [1.54, 1.807) is 5.57 Å². The molecule has 96 valence electrons. The molecule has 0 aromatic heterocycles. The van der Waals surface area contributed by atoms with Crippen LogP contribution in [-0.4, -0.2) is 25.3 Å². The van der Waals surface area contributed by atoms with Crippen LogP contribution in [0.1, 0.15) is 51.4 Å². The molecular formula is C15H25NO. The molecule has 2 nitrogen and oxygen atoms in total. The summed E-state index contributed by atoms with van der Waals surface area (Å²) in [5.74, 6) is 0.739. The van der Waals surface area contributed by atoms with Gasteiger partial charge in [-0.15, -0.1) is 0 Å². The summed E-state index contributed by atoms with van der Waals surface area (Å²) in [4.78, 5) is 0. The highest BCUT2D eigenvalue weighted by molar-refractivity contribution is 5.16. The van der Waals surface area contributed by atoms with E-state index in [4.69, 9.17) is 4.74 Å². The minimum absolute atomic E-state index is 0.543. The van der Waals surface area contributed by atoms with Crippen LogP contribution in [0.5, 0.6) is 0 Å². The van der Waals surface area contributed by atoms with Crippen LogP contribution in [0.4, 0.5) is 0 Å². The van der Waals surface area contributed by atoms with Gasteiger partial charge in [-0.25, -0.2) is 0 Å². The average molecular weight is 235 g/mol. The van der Waals surface area contributed by atoms with Crippen LogP contribution in [0.2, 0.25) is 0 Å². The van der Waals surface area contributed by atoms with Gasteiger partial charge in [0.05, 0.1) is 12.2 Å². The fourth-order valence-electron chi connectivity index (χ4n) is 4.02. The van der Waals surface area contributed by atoms with Crippen LogP contribution in [0.25, 0.3) is 0 Å². The third-order valence-electron chi connectivity index (χ3n) is 4.87. The van der Waals surface area contributed by atoms with Gasteiger partial charge in [0.2, 0.25) is 0 Å². The lowest BCUT2D eigenvalue weighted by molar-refractivity contribution is 0.0884. The monoisotopic (exact) mass is 235 g/mol. The Kier molecular flexibility index (Phi) is 3.53. The van der Waals surface area contributed by atoms with Crippen molar-refractivity contribution in [1.29, 1.82) is 0 Å². The first-order chi connectivity index (χ1) is 8.38. The van der Waals surface area contributed by atoms with Gasteiger partial charge in [0.25, 0.3) is 0 Å². The standard InChI is InChI=1S/C15H25NO/c1-16-15(11-6-4-2-3-5-7-11)13-10-12-8-9-14(13)17-12/h6,12-16H,2-5,7-10H2,1H3. The third kappa shape index (κ3) is 2.30. The summed E-state index contributed by atoms with van der Waals surface area (Å²) in [5, 5.41) is 3.58. The summed E-state index contributed by atoms with van der Waals surface area (Å²) >= 11 is 0. The van der Waals surface area contributed by atoms with Gasteiger partial charge in [-0.3, -0.25) is 0 Å². The highest BCUT2D eigenvalue weighted by Gasteiger charge is 2.44. The molecule has 2 bridgehead atoms. The van der Waals surface area contributed by atoms with E-state index in [1.165, 1.54) is 51.4 Å². The van der Waals surface area contributed by atoms with Crippen molar-refractivity contribution in [2.45, 2.75) is 69.6 Å². The molecule has 2 heteroatoms. The molecule has 0 radical (unpaired) electrons. The second kappa shape index (κ2) is 5.11. The van der Waals surface area contributed by atoms with Gasteiger partial charge >= 0.3 is 0 Å². The molecule has 3 aliphatic rings. The summed E-state index contributed by atoms with van der Waals surface area (Å²) in [7, 11) is 2.13. The summed E-state index contributed by atoms with van der Waals surface area (Å²) in [6.07, 6.45) is 14.3. The zero-order chi connectivity index (χ0) is 11.7. The first-order valence-corrected chi connectivity index (χ1v) is 7.40. The SMILES string of the molecule is CNC(C1=CCCCCC1)C1CC2CCC1O2. The number of fused-ring (bicyclic) bond motifs is 2. The fraction of sp³-hybridized carbons (Fsp3) is 0.867. The lowest BCUT2D eigenvalue weighted by atomic mass is 9.80. The molecule has 2 saturated heterocycles. The van der Waals surface area contributed by atoms with Crippen molar-refractivity contribution in [3.8, 4) is 0 Å². The quantitative estimate of drug-likeness (QED) is 0.759. The fourth-order valence-corrected chi connectivity index (χ4v) is 4.02. The summed E-state index contributed by atoms with van der Waals surface area (Å²) in [5.41, 5.74) is 1.67. The van der Waals surface area contributed by atoms with Crippen LogP contribution in [0.15, 0.2) is 11.6 Å². The Hall–Kier alpha value is -0.340. The molecule has 2 aliphatic heterocycles. The number of likely N-dealkylation sites (N-methyl/N-ethyl adjacent to an activating group) is 1. The Balaban J connectivity index is 1.72. The maximum atomic E-state index is 6.02. The zero-order valence-electron chi connectivity index (χ0n) is 11.0. The molecule has 0 saturated carbocycles. The van der Waals surface area contributed by atoms with E-state index in [9.17, 15) is 0 Å². The van der Waals surface area contributed by atoms with Gasteiger partial charge in [-0.1, -0.05) is 18.1 Å². The van der Waals surface area contributed by atoms with Crippen molar-refractivity contribution < 1.29 is 4.74 Å². The van der Waals surface area contributed by atoms with Gasteiger partial charge in [0, 0.05) is 12.0 Å². The smallest absolute Gasteiger partial charge is 0.0627 e. The van der Waals surface area contributed by atoms with Crippen molar-refractivity contribution >= 4 is 0 Å². The van der Waals surface area contributed by atoms with Crippen molar-refractivity contribution in [2.24, 2.45) is 5.92 Å². The highest BCUT2D eigenvalue weighted by atomic mass is 16.5. The van der Waals surface area contributed by atoms with Crippen LogP contribution in [0, 0.1) is 5.92 Å². The molecule has 3 rings (SSSR count). The van der Waals surface area contributed by atoms with Crippen molar-refractivity contribution in [3.05, 3.63) is 11.6 Å². The second-order valence-corrected chi connectivity index (χ2v) is 5.92. The van der Waals surface area contributed by atoms with Gasteiger partial charge in [0.15, 0.2) is 0 Å². The molecule has 0 spiro atoms. The summed E-state index contributed by atoms with van der Waals surface area (Å²) in [6.45, 7) is 0. The molecule has 2 heterocycles. The first-order valence-electron chi connectivity index (χ1n) is 7.40. The maximum absolute atomic E-state index is 6.02. The predicted octanol–water partition coefficient (Wildman–Crippen LogP) is 3.03. The van der Waals surface area contributed by atoms with Gasteiger partial charge in [-0.2, -0.15) is 0 Å². The third-order valence-corrected chi connectivity index (χ3v) is 4.87. The first kappa shape index (κ1) is 11.7. The van der Waals surface area contributed by atoms with Crippen LogP contribution < -0.4 is 5.32 Å². The molecule has 4 atom stereocenters. The molecule has 0 aromatic rings. The number of ether oxygens (including phenoxy) is 1. The zero-order valence-corrected chi connectivity index (χ0v) is 11.0. The highest BCUT2D eigenvalue weighted by Crippen LogP contribution is 2.42. The summed E-state index contributed by atoms with van der Waals surface area (Å²) < 4.78 is 6.02. The Bertz CT molecular complexity index is 299. The predicted molar refractivity (Wildman–Crippen MR) is 70.0 cm³/mol. The average Bonchev–Trinajstić information content (AvgIpc) is 2.86. The molecule has 0 amide bonds. The minimum atomic E-state index is 0.543. The van der Waals surface area contributed by atoms with E-state index in [-0.39, 0.29) is 0 Å². The molecule has 0 aromatic carbocycles. The Labute approximate surface area is 105 Å². The molecule has 17 heavy (non-hydrogen) atoms. The summed E-state index contributed by atoms with van der Waals surface area (Å²) in [6, 6.07) is 0.586. The number of allylic oxidation sites excluding steroid dienone is 1. The van der Waals surface area contributed by atoms with Crippen molar-refractivity contribution in [3.63, 3.8) is 0 Å². The van der Waals surface area contributed by atoms with Crippen LogP contribution in [-0.2, 0) is 4.74 Å². The topological polar surface area (TPSA) is 21.3 Å². The number of nitrogens with one attached hydrogen (secondary N) is 1. The van der Waals surface area contributed by atoms with E-state index in [0.717, 1.165) is 5.92 Å². The Morgan fingerprint density at radius 2 is 2.24 bits per heavy atom. The van der Waals surface area contributed by atoms with Gasteiger partial charge in [0.1, 0.15) is 0 Å². The van der Waals surface area contributed by atoms with E-state index in [0.29, 0.717) is 18.2 Å². The normalized spacial score (nSPS) is 38.9. The van der Waals surface area contributed by atoms with Crippen LogP contribution >= 0.6 is 0 Å². The minimum Gasteiger partial charge on any atom is -0.375 e. The molecule has 1 N–H and O–H groups in total. The maximum Gasteiger partial charge on any atom is 0.0627 e. The Morgan fingerprint density at radius 1 is 1.29 bits per heavy atom. The number of rotatable bonds is 3. The molecule has 1 aliphatic carbocycles. The number of hydrogen-bond acceptors (Lipinski definition) is 2. The second-order valence-electron chi connectivity index (χ2n) is 5.92. The van der Waals surface area contributed by atoms with Crippen molar-refractivity contribution in [1.82, 2.24) is 5.32 Å². The molecular weight excluding hydrogens is 210 g/mol. The van der Waals surface area contributed by atoms with E-state index in [1.807, 2.05) is 0 Å². The van der Waals surface area contributed by atoms with Gasteiger partial charge in [-0.05, 0) is 52.0 Å². The van der Waals surface area contributed by atoms with Crippen molar-refractivity contribution in [2.75, 3.05) is 7.05 Å². The molecule has 2 fully saturated rings. The van der Waals surface area contributed by atoms with E-state index < -0.39 is 0 Å². The largest absolute Gasteiger partial charge is 0.375 e. The van der Waals surface area contributed by atoms with E-state index in [2.05, 4.69) is 18.4 Å². The Morgan fingerprint density at radius 3 is 2.94 bits per heavy atom. The lowest BCUT2D eigenvalue weighted by Crippen LogP contribution is -2.40. The number of hydrogen-bond donors (Lipinski definition) is 1. The molecule has 4 unspecified atom stereocenters. The van der Waals surface area contributed by atoms with Crippen LogP contribution in [0.3, 0.4) is 0 Å². The van der Waals surface area contributed by atoms with Gasteiger partial charge < -0.3 is 10.1 Å².